The number of halogens is 2. The highest BCUT2D eigenvalue weighted by atomic mass is 19.1. The molecule has 1 saturated carbocycles. The van der Waals surface area contributed by atoms with E-state index in [1.54, 1.807) is 0 Å². The first-order valence-corrected chi connectivity index (χ1v) is 6.22. The van der Waals surface area contributed by atoms with Gasteiger partial charge >= 0.3 is 0 Å². The molecule has 0 saturated heterocycles. The topological polar surface area (TPSA) is 23.8 Å². The third-order valence-corrected chi connectivity index (χ3v) is 3.60. The first-order valence-electron chi connectivity index (χ1n) is 6.22. The summed E-state index contributed by atoms with van der Waals surface area (Å²) in [6.45, 7) is 0. The molecule has 0 bridgehead atoms. The number of nitrogens with zero attached hydrogens (tertiary/aromatic N) is 1. The zero-order valence-corrected chi connectivity index (χ0v) is 10.1. The lowest BCUT2D eigenvalue weighted by atomic mass is 9.78. The Bertz CT molecular complexity index is 462. The molecule has 1 aromatic carbocycles. The zero-order valence-electron chi connectivity index (χ0n) is 10.1. The van der Waals surface area contributed by atoms with Crippen LogP contribution in [0.25, 0.3) is 0 Å². The lowest BCUT2D eigenvalue weighted by molar-refractivity contribution is 0.372. The molecule has 3 heteroatoms. The summed E-state index contributed by atoms with van der Waals surface area (Å²) in [4.78, 5) is 0. The fraction of sp³-hybridized carbons (Fsp3) is 0.400. The van der Waals surface area contributed by atoms with Crippen LogP contribution in [0.15, 0.2) is 36.2 Å². The van der Waals surface area contributed by atoms with Gasteiger partial charge in [0, 0.05) is 0 Å². The average molecular weight is 247 g/mol. The Morgan fingerprint density at radius 2 is 1.78 bits per heavy atom. The van der Waals surface area contributed by atoms with Gasteiger partial charge in [0.1, 0.15) is 11.9 Å². The highest BCUT2D eigenvalue weighted by Gasteiger charge is 2.21. The van der Waals surface area contributed by atoms with Gasteiger partial charge in [-0.25, -0.2) is 4.39 Å². The van der Waals surface area contributed by atoms with Gasteiger partial charge in [0.2, 0.25) is 0 Å². The van der Waals surface area contributed by atoms with Crippen LogP contribution in [0.2, 0.25) is 0 Å². The number of nitriles is 1. The molecule has 18 heavy (non-hydrogen) atoms. The van der Waals surface area contributed by atoms with Gasteiger partial charge in [0.05, 0.1) is 0 Å². The van der Waals surface area contributed by atoms with E-state index in [-0.39, 0.29) is 11.7 Å². The first-order chi connectivity index (χ1) is 8.69. The fourth-order valence-electron chi connectivity index (χ4n) is 2.60. The van der Waals surface area contributed by atoms with Crippen molar-refractivity contribution in [2.75, 3.05) is 0 Å². The van der Waals surface area contributed by atoms with Gasteiger partial charge in [-0.15, -0.1) is 0 Å². The summed E-state index contributed by atoms with van der Waals surface area (Å²) in [5.74, 6) is -0.298. The van der Waals surface area contributed by atoms with E-state index in [2.05, 4.69) is 0 Å². The molecule has 0 aliphatic heterocycles. The molecule has 1 aliphatic rings. The van der Waals surface area contributed by atoms with Gasteiger partial charge in [-0.1, -0.05) is 12.1 Å². The van der Waals surface area contributed by atoms with Crippen molar-refractivity contribution < 1.29 is 8.78 Å². The van der Waals surface area contributed by atoms with Crippen molar-refractivity contribution in [3.05, 3.63) is 47.5 Å². The van der Waals surface area contributed by atoms with Gasteiger partial charge in [0.15, 0.2) is 5.83 Å². The van der Waals surface area contributed by atoms with E-state index in [9.17, 15) is 8.78 Å². The Morgan fingerprint density at radius 3 is 2.33 bits per heavy atom. The minimum Gasteiger partial charge on any atom is -0.207 e. The SMILES string of the molecule is N#CC(F)=CC1CCC(c2ccc(F)cc2)CC1. The third-order valence-electron chi connectivity index (χ3n) is 3.60. The third kappa shape index (κ3) is 3.16. The molecule has 0 aromatic heterocycles. The predicted octanol–water partition coefficient (Wildman–Crippen LogP) is 4.48. The van der Waals surface area contributed by atoms with Crippen LogP contribution in [-0.2, 0) is 0 Å². The van der Waals surface area contributed by atoms with Crippen molar-refractivity contribution in [2.45, 2.75) is 31.6 Å². The minimum absolute atomic E-state index is 0.168. The number of hydrogen-bond donors (Lipinski definition) is 0. The summed E-state index contributed by atoms with van der Waals surface area (Å²) in [6.07, 6.45) is 5.13. The van der Waals surface area contributed by atoms with Crippen molar-refractivity contribution in [2.24, 2.45) is 5.92 Å². The smallest absolute Gasteiger partial charge is 0.196 e. The normalized spacial score (nSPS) is 24.6. The van der Waals surface area contributed by atoms with E-state index >= 15 is 0 Å². The Balaban J connectivity index is 1.95. The maximum Gasteiger partial charge on any atom is 0.196 e. The zero-order chi connectivity index (χ0) is 13.0. The van der Waals surface area contributed by atoms with Gasteiger partial charge in [0.25, 0.3) is 0 Å². The summed E-state index contributed by atoms with van der Waals surface area (Å²) in [5.41, 5.74) is 1.15. The summed E-state index contributed by atoms with van der Waals surface area (Å²) in [7, 11) is 0. The van der Waals surface area contributed by atoms with E-state index in [4.69, 9.17) is 5.26 Å². The van der Waals surface area contributed by atoms with E-state index < -0.39 is 5.83 Å². The lowest BCUT2D eigenvalue weighted by Crippen LogP contribution is -2.12. The molecule has 0 spiro atoms. The van der Waals surface area contributed by atoms with Crippen LogP contribution in [-0.4, -0.2) is 0 Å². The van der Waals surface area contributed by atoms with Gasteiger partial charge < -0.3 is 0 Å². The molecule has 1 aliphatic carbocycles. The first kappa shape index (κ1) is 12.8. The van der Waals surface area contributed by atoms with Crippen LogP contribution in [0.5, 0.6) is 0 Å². The van der Waals surface area contributed by atoms with Crippen LogP contribution in [0.1, 0.15) is 37.2 Å². The Labute approximate surface area is 106 Å². The number of allylic oxidation sites excluding steroid dienone is 2. The molecule has 94 valence electrons. The van der Waals surface area contributed by atoms with Crippen LogP contribution < -0.4 is 0 Å². The standard InChI is InChI=1S/C15H15F2N/c16-14-7-5-13(6-8-14)12-3-1-11(2-4-12)9-15(17)10-18/h5-9,11-12H,1-4H2. The molecule has 0 amide bonds. The summed E-state index contributed by atoms with van der Waals surface area (Å²) < 4.78 is 25.7. The van der Waals surface area contributed by atoms with Crippen LogP contribution in [0, 0.1) is 23.1 Å². The van der Waals surface area contributed by atoms with Crippen LogP contribution in [0.3, 0.4) is 0 Å². The van der Waals surface area contributed by atoms with E-state index in [0.717, 1.165) is 31.2 Å². The van der Waals surface area contributed by atoms with Crippen molar-refractivity contribution >= 4 is 0 Å². The molecule has 0 radical (unpaired) electrons. The van der Waals surface area contributed by atoms with Gasteiger partial charge in [-0.05, 0) is 61.3 Å². The molecule has 0 unspecified atom stereocenters. The second-order valence-electron chi connectivity index (χ2n) is 4.79. The number of hydrogen-bond acceptors (Lipinski definition) is 1. The monoisotopic (exact) mass is 247 g/mol. The Hall–Kier alpha value is -1.69. The maximum absolute atomic E-state index is 12.8. The van der Waals surface area contributed by atoms with Gasteiger partial charge in [-0.3, -0.25) is 0 Å². The predicted molar refractivity (Wildman–Crippen MR) is 65.9 cm³/mol. The molecule has 0 heterocycles. The van der Waals surface area contributed by atoms with Crippen molar-refractivity contribution in [3.63, 3.8) is 0 Å². The second-order valence-corrected chi connectivity index (χ2v) is 4.79. The minimum atomic E-state index is -0.680. The molecule has 0 N–H and O–H groups in total. The molecule has 1 fully saturated rings. The van der Waals surface area contributed by atoms with Crippen LogP contribution >= 0.6 is 0 Å². The van der Waals surface area contributed by atoms with Crippen molar-refractivity contribution in [1.29, 1.82) is 5.26 Å². The quantitative estimate of drug-likeness (QED) is 0.707. The van der Waals surface area contributed by atoms with E-state index in [1.807, 2.05) is 12.1 Å². The van der Waals surface area contributed by atoms with E-state index in [0.29, 0.717) is 5.92 Å². The number of rotatable bonds is 2. The number of benzene rings is 1. The molecule has 0 atom stereocenters. The molecule has 1 aromatic rings. The lowest BCUT2D eigenvalue weighted by Gasteiger charge is -2.26. The molecule has 1 nitrogen and oxygen atoms in total. The summed E-state index contributed by atoms with van der Waals surface area (Å²) >= 11 is 0. The summed E-state index contributed by atoms with van der Waals surface area (Å²) in [6, 6.07) is 8.13. The van der Waals surface area contributed by atoms with E-state index in [1.165, 1.54) is 24.3 Å². The Kier molecular flexibility index (Phi) is 4.09. The molecular weight excluding hydrogens is 232 g/mol. The highest BCUT2D eigenvalue weighted by molar-refractivity contribution is 5.21. The van der Waals surface area contributed by atoms with Crippen LogP contribution in [0.4, 0.5) is 8.78 Å². The van der Waals surface area contributed by atoms with Crippen molar-refractivity contribution in [1.82, 2.24) is 0 Å². The fourth-order valence-corrected chi connectivity index (χ4v) is 2.60. The highest BCUT2D eigenvalue weighted by Crippen LogP contribution is 2.36. The maximum atomic E-state index is 12.8. The average Bonchev–Trinajstić information content (AvgIpc) is 2.40. The summed E-state index contributed by atoms with van der Waals surface area (Å²) in [5, 5.41) is 8.39. The van der Waals surface area contributed by atoms with Crippen molar-refractivity contribution in [3.8, 4) is 6.07 Å². The molecular formula is C15H15F2N. The van der Waals surface area contributed by atoms with Gasteiger partial charge in [-0.2, -0.15) is 9.65 Å². The largest absolute Gasteiger partial charge is 0.207 e. The second kappa shape index (κ2) is 5.77. The Morgan fingerprint density at radius 1 is 1.17 bits per heavy atom. The molecule has 2 rings (SSSR count).